The van der Waals surface area contributed by atoms with Crippen LogP contribution in [0.5, 0.6) is 11.5 Å². The number of aromatic nitrogens is 4. The number of nitrogens with one attached hydrogen (secondary N) is 5. The third-order valence-corrected chi connectivity index (χ3v) is 13.5. The average molecular weight is 787 g/mol. The molecule has 12 nitrogen and oxygen atoms in total. The number of hydrogen-bond acceptors (Lipinski definition) is 8. The van der Waals surface area contributed by atoms with Crippen molar-refractivity contribution in [1.82, 2.24) is 40.8 Å². The Balaban J connectivity index is 0.000000135. The lowest BCUT2D eigenvalue weighted by atomic mass is 9.73. The lowest BCUT2D eigenvalue weighted by Crippen LogP contribution is -2.65. The van der Waals surface area contributed by atoms with Crippen LogP contribution in [0.4, 0.5) is 0 Å². The Labute approximate surface area is 342 Å². The molecule has 12 rings (SSSR count). The predicted octanol–water partition coefficient (Wildman–Crippen LogP) is 5.21. The number of H-pyrrole nitrogens is 2. The van der Waals surface area contributed by atoms with Crippen LogP contribution in [0.2, 0.25) is 0 Å². The molecule has 2 spiro atoms. The quantitative estimate of drug-likeness (QED) is 0.164. The highest BCUT2D eigenvalue weighted by Crippen LogP contribution is 2.46. The highest BCUT2D eigenvalue weighted by molar-refractivity contribution is 6.02. The van der Waals surface area contributed by atoms with Crippen molar-refractivity contribution < 1.29 is 19.1 Å². The van der Waals surface area contributed by atoms with E-state index in [9.17, 15) is 9.59 Å². The van der Waals surface area contributed by atoms with Crippen molar-refractivity contribution in [2.75, 3.05) is 60.5 Å². The van der Waals surface area contributed by atoms with Crippen LogP contribution in [-0.4, -0.2) is 97.2 Å². The van der Waals surface area contributed by atoms with E-state index >= 15 is 0 Å². The van der Waals surface area contributed by atoms with Gasteiger partial charge in [0, 0.05) is 85.3 Å². The Kier molecular flexibility index (Phi) is 8.15. The molecule has 2 saturated heterocycles. The molecule has 0 unspecified atom stereocenters. The summed E-state index contributed by atoms with van der Waals surface area (Å²) in [6, 6.07) is 20.2. The number of carbonyl (C=O) groups excluding carboxylic acids is 2. The molecule has 6 aromatic rings. The van der Waals surface area contributed by atoms with E-state index in [-0.39, 0.29) is 22.6 Å². The number of ether oxygens (including phenoxy) is 2. The van der Waals surface area contributed by atoms with Crippen molar-refractivity contribution in [2.45, 2.75) is 36.5 Å². The number of aromatic amines is 2. The zero-order valence-corrected chi connectivity index (χ0v) is 33.5. The first-order valence-corrected chi connectivity index (χ1v) is 20.5. The van der Waals surface area contributed by atoms with E-state index in [0.717, 1.165) is 136 Å². The maximum absolute atomic E-state index is 12.8. The maximum atomic E-state index is 12.8. The van der Waals surface area contributed by atoms with Crippen LogP contribution in [-0.2, 0) is 36.5 Å². The van der Waals surface area contributed by atoms with E-state index in [2.05, 4.69) is 50.0 Å². The number of fused-ring (bicyclic) bond motifs is 12. The van der Waals surface area contributed by atoms with Crippen molar-refractivity contribution in [3.8, 4) is 56.5 Å². The summed E-state index contributed by atoms with van der Waals surface area (Å²) in [5, 5.41) is 9.64. The zero-order chi connectivity index (χ0) is 40.0. The van der Waals surface area contributed by atoms with Gasteiger partial charge in [0.15, 0.2) is 0 Å². The predicted molar refractivity (Wildman–Crippen MR) is 225 cm³/mol. The minimum Gasteiger partial charge on any atom is -0.497 e. The fourth-order valence-corrected chi connectivity index (χ4v) is 10.4. The summed E-state index contributed by atoms with van der Waals surface area (Å²) in [6.45, 7) is 5.16. The zero-order valence-electron chi connectivity index (χ0n) is 33.5. The number of hydrogen-bond donors (Lipinski definition) is 5. The summed E-state index contributed by atoms with van der Waals surface area (Å²) in [7, 11) is 5.47. The van der Waals surface area contributed by atoms with E-state index < -0.39 is 0 Å². The Morgan fingerprint density at radius 3 is 1.49 bits per heavy atom. The molecule has 6 aliphatic rings. The molecular weight excluding hydrogens is 741 g/mol. The summed E-state index contributed by atoms with van der Waals surface area (Å²) >= 11 is 0. The Bertz CT molecular complexity index is 2690. The number of benzene rings is 2. The fourth-order valence-electron chi connectivity index (χ4n) is 10.4. The molecule has 0 bridgehead atoms. The molecule has 2 aliphatic carbocycles. The molecule has 4 aliphatic heterocycles. The average Bonchev–Trinajstić information content (AvgIpc) is 3.86. The van der Waals surface area contributed by atoms with Crippen LogP contribution in [0.3, 0.4) is 0 Å². The van der Waals surface area contributed by atoms with E-state index in [4.69, 9.17) is 19.4 Å². The van der Waals surface area contributed by atoms with Crippen LogP contribution in [0.15, 0.2) is 73.1 Å². The largest absolute Gasteiger partial charge is 0.497 e. The van der Waals surface area contributed by atoms with Crippen molar-refractivity contribution in [3.63, 3.8) is 0 Å². The highest BCUT2D eigenvalue weighted by Gasteiger charge is 2.50. The Morgan fingerprint density at radius 2 is 1.07 bits per heavy atom. The molecule has 4 aromatic heterocycles. The van der Waals surface area contributed by atoms with Gasteiger partial charge in [-0.25, -0.2) is 0 Å². The van der Waals surface area contributed by atoms with Crippen molar-refractivity contribution >= 4 is 11.8 Å². The monoisotopic (exact) mass is 786 g/mol. The Hall–Kier alpha value is -6.24. The molecule has 0 radical (unpaired) electrons. The van der Waals surface area contributed by atoms with Crippen LogP contribution in [0, 0.1) is 0 Å². The first kappa shape index (κ1) is 35.9. The molecule has 0 atom stereocenters. The lowest BCUT2D eigenvalue weighted by molar-refractivity contribution is 0.0688. The number of likely N-dealkylation sites (N-methyl/N-ethyl adjacent to an activating group) is 1. The highest BCUT2D eigenvalue weighted by atomic mass is 16.5. The molecular formula is C47H46N8O4. The summed E-state index contributed by atoms with van der Waals surface area (Å²) in [5.74, 6) is 1.78. The van der Waals surface area contributed by atoms with Crippen LogP contribution < -0.4 is 25.4 Å². The first-order valence-electron chi connectivity index (χ1n) is 20.5. The molecule has 2 fully saturated rings. The van der Waals surface area contributed by atoms with Gasteiger partial charge in [0.1, 0.15) is 11.5 Å². The normalized spacial score (nSPS) is 18.6. The number of rotatable bonds is 4. The molecule has 298 valence electrons. The number of carbonyl (C=O) groups is 2. The number of aryl methyl sites for hydroxylation is 2. The molecule has 59 heavy (non-hydrogen) atoms. The smallest absolute Gasteiger partial charge is 0.253 e. The van der Waals surface area contributed by atoms with Crippen molar-refractivity contribution in [3.05, 3.63) is 118 Å². The number of amides is 2. The maximum Gasteiger partial charge on any atom is 0.253 e. The van der Waals surface area contributed by atoms with Gasteiger partial charge >= 0.3 is 0 Å². The minimum atomic E-state index is 0.00654. The SMILES string of the molecule is COc1ccc(-c2cc3c(cn2)CCc2c-3[nH]c3c2C(=O)NCC32CN(C)C2)cc1.COc1ccc(-c2cc3c(cn2)CCc2c-3[nH]c3c2C(=O)NCC32CNC2)cc1. The summed E-state index contributed by atoms with van der Waals surface area (Å²) in [5.41, 5.74) is 17.3. The van der Waals surface area contributed by atoms with Gasteiger partial charge in [-0.15, -0.1) is 0 Å². The van der Waals surface area contributed by atoms with E-state index in [1.54, 1.807) is 14.2 Å². The molecule has 8 heterocycles. The number of likely N-dealkylation sites (tertiary alicyclic amines) is 1. The third-order valence-electron chi connectivity index (χ3n) is 13.5. The fraction of sp³-hybridized carbons (Fsp3) is 0.319. The van der Waals surface area contributed by atoms with Crippen LogP contribution in [0.25, 0.3) is 45.0 Å². The van der Waals surface area contributed by atoms with Gasteiger partial charge in [0.25, 0.3) is 11.8 Å². The van der Waals surface area contributed by atoms with E-state index in [1.165, 1.54) is 16.7 Å². The molecule has 2 aromatic carbocycles. The van der Waals surface area contributed by atoms with E-state index in [1.807, 2.05) is 60.9 Å². The molecule has 12 heteroatoms. The Morgan fingerprint density at radius 1 is 0.610 bits per heavy atom. The second-order valence-electron chi connectivity index (χ2n) is 17.1. The van der Waals surface area contributed by atoms with Crippen molar-refractivity contribution in [2.24, 2.45) is 0 Å². The minimum absolute atomic E-state index is 0.00654. The molecule has 5 N–H and O–H groups in total. The second kappa shape index (κ2) is 13.4. The molecule has 2 amide bonds. The third kappa shape index (κ3) is 5.56. The van der Waals surface area contributed by atoms with Gasteiger partial charge in [-0.3, -0.25) is 19.6 Å². The summed E-state index contributed by atoms with van der Waals surface area (Å²) in [6.07, 6.45) is 7.53. The topological polar surface area (TPSA) is 149 Å². The second-order valence-corrected chi connectivity index (χ2v) is 17.1. The van der Waals surface area contributed by atoms with Crippen molar-refractivity contribution in [1.29, 1.82) is 0 Å². The lowest BCUT2D eigenvalue weighted by Gasteiger charge is -2.50. The number of pyridine rings is 2. The van der Waals surface area contributed by atoms with Gasteiger partial charge < -0.3 is 40.3 Å². The van der Waals surface area contributed by atoms with Gasteiger partial charge in [0.05, 0.1) is 59.0 Å². The number of methoxy groups -OCH3 is 2. The summed E-state index contributed by atoms with van der Waals surface area (Å²) < 4.78 is 10.5. The van der Waals surface area contributed by atoms with E-state index in [0.29, 0.717) is 13.1 Å². The van der Waals surface area contributed by atoms with Gasteiger partial charge in [0.2, 0.25) is 0 Å². The van der Waals surface area contributed by atoms with Crippen LogP contribution in [0.1, 0.15) is 54.4 Å². The van der Waals surface area contributed by atoms with Gasteiger partial charge in [-0.1, -0.05) is 0 Å². The van der Waals surface area contributed by atoms with Crippen LogP contribution >= 0.6 is 0 Å². The first-order chi connectivity index (χ1) is 28.8. The van der Waals surface area contributed by atoms with Gasteiger partial charge in [-0.2, -0.15) is 0 Å². The number of nitrogens with zero attached hydrogens (tertiary/aromatic N) is 3. The standard InChI is InChI=1S/C24H24N4O2.C23H22N4O2/c1-28-12-24(13-28)11-26-23(29)20-17-8-5-15-10-25-19(9-18(15)21(17)27-22(20)24)14-3-6-16(30-2)7-4-14;1-29-15-5-2-13(3-6-15)18-8-17-14(9-25-18)4-7-16-19-21(27-20(16)17)23(10-24-11-23)12-26-22(19)28/h3-4,6-7,9-10,27H,5,8,11-13H2,1-2H3,(H,26,29);2-3,5-6,8-9,24,27H,4,7,10-12H2,1H3,(H,26,28). The molecule has 0 saturated carbocycles. The summed E-state index contributed by atoms with van der Waals surface area (Å²) in [4.78, 5) is 44.7. The van der Waals surface area contributed by atoms with Gasteiger partial charge in [-0.05, 0) is 116 Å².